The largest absolute Gasteiger partial charge is 0.494 e. The monoisotopic (exact) mass is 570 g/mol. The first-order valence-corrected chi connectivity index (χ1v) is 13.9. The molecule has 12 nitrogen and oxygen atoms in total. The molecule has 2 aromatic carbocycles. The molecular formula is C25H27ClN8O4S. The summed E-state index contributed by atoms with van der Waals surface area (Å²) in [6.45, 7) is 2.99. The Hall–Kier alpha value is -4.07. The van der Waals surface area contributed by atoms with Gasteiger partial charge in [-0.25, -0.2) is 9.97 Å². The molecule has 1 aliphatic heterocycles. The number of para-hydroxylation sites is 2. The molecule has 0 bridgehead atoms. The Balaban J connectivity index is 1.36. The molecule has 0 spiro atoms. The van der Waals surface area contributed by atoms with Crippen LogP contribution in [0.2, 0.25) is 5.02 Å². The van der Waals surface area contributed by atoms with Crippen molar-refractivity contribution in [3.63, 3.8) is 0 Å². The van der Waals surface area contributed by atoms with Crippen molar-refractivity contribution in [1.82, 2.24) is 19.5 Å². The van der Waals surface area contributed by atoms with Crippen LogP contribution in [-0.4, -0.2) is 61.3 Å². The van der Waals surface area contributed by atoms with Crippen molar-refractivity contribution >= 4 is 56.1 Å². The quantitative estimate of drug-likeness (QED) is 0.271. The molecule has 0 saturated carbocycles. The summed E-state index contributed by atoms with van der Waals surface area (Å²) < 4.78 is 40.8. The van der Waals surface area contributed by atoms with Crippen LogP contribution in [0.4, 0.5) is 34.5 Å². The minimum atomic E-state index is -3.91. The van der Waals surface area contributed by atoms with Gasteiger partial charge in [-0.3, -0.25) is 4.72 Å². The van der Waals surface area contributed by atoms with Gasteiger partial charge in [-0.05, 0) is 24.3 Å². The number of morpholine rings is 1. The van der Waals surface area contributed by atoms with Crippen LogP contribution in [0.3, 0.4) is 0 Å². The number of ether oxygens (including phenoxy) is 2. The lowest BCUT2D eigenvalue weighted by molar-refractivity contribution is 0.122. The van der Waals surface area contributed by atoms with E-state index in [1.807, 2.05) is 18.2 Å². The van der Waals surface area contributed by atoms with E-state index in [1.54, 1.807) is 43.0 Å². The Morgan fingerprint density at radius 3 is 2.51 bits per heavy atom. The molecule has 1 saturated heterocycles. The molecule has 14 heteroatoms. The minimum absolute atomic E-state index is 0.0973. The number of imidazole rings is 1. The third-order valence-electron chi connectivity index (χ3n) is 5.93. The average Bonchev–Trinajstić information content (AvgIpc) is 3.39. The minimum Gasteiger partial charge on any atom is -0.494 e. The fourth-order valence-corrected chi connectivity index (χ4v) is 5.17. The second-order valence-corrected chi connectivity index (χ2v) is 10.7. The van der Waals surface area contributed by atoms with Crippen LogP contribution in [0, 0.1) is 0 Å². The maximum absolute atomic E-state index is 12.8. The van der Waals surface area contributed by atoms with Crippen LogP contribution >= 0.6 is 11.6 Å². The summed E-state index contributed by atoms with van der Waals surface area (Å²) in [4.78, 5) is 15.0. The van der Waals surface area contributed by atoms with Gasteiger partial charge in [0, 0.05) is 38.1 Å². The summed E-state index contributed by atoms with van der Waals surface area (Å²) in [6.07, 6.45) is 4.28. The highest BCUT2D eigenvalue weighted by atomic mass is 35.5. The molecule has 0 atom stereocenters. The third-order valence-corrected chi connectivity index (χ3v) is 7.46. The Bertz CT molecular complexity index is 1570. The van der Waals surface area contributed by atoms with Crippen molar-refractivity contribution in [1.29, 1.82) is 0 Å². The number of nitrogens with one attached hydrogen (secondary N) is 3. The van der Waals surface area contributed by atoms with Crippen molar-refractivity contribution < 1.29 is 17.9 Å². The standard InChI is InChI=1S/C25H27ClN8O4S/c1-33-15-23(28-16-33)39(35,36)32-20-6-4-3-5-19(20)29-24-18(26)14-27-25(31-24)30-21-8-7-17(13-22(21)37-2)34-9-11-38-12-10-34/h3-8,13-16,32H,9-12H2,1-2H3,(H2,27,29,30,31). The number of benzene rings is 2. The summed E-state index contributed by atoms with van der Waals surface area (Å²) in [5.41, 5.74) is 2.44. The number of nitrogens with zero attached hydrogens (tertiary/aromatic N) is 5. The van der Waals surface area contributed by atoms with Crippen LogP contribution in [-0.2, 0) is 21.8 Å². The highest BCUT2D eigenvalue weighted by Gasteiger charge is 2.20. The zero-order valence-electron chi connectivity index (χ0n) is 21.3. The molecule has 1 aliphatic rings. The summed E-state index contributed by atoms with van der Waals surface area (Å²) in [5.74, 6) is 1.18. The van der Waals surface area contributed by atoms with E-state index in [2.05, 4.69) is 35.2 Å². The number of halogens is 1. The van der Waals surface area contributed by atoms with Crippen LogP contribution in [0.15, 0.2) is 66.2 Å². The molecule has 1 fully saturated rings. The normalized spacial score (nSPS) is 13.7. The van der Waals surface area contributed by atoms with E-state index in [9.17, 15) is 8.42 Å². The zero-order chi connectivity index (χ0) is 27.4. The second-order valence-electron chi connectivity index (χ2n) is 8.65. The molecule has 0 amide bonds. The molecular weight excluding hydrogens is 544 g/mol. The van der Waals surface area contributed by atoms with Gasteiger partial charge in [0.05, 0.1) is 49.9 Å². The fraction of sp³-hybridized carbons (Fsp3) is 0.240. The lowest BCUT2D eigenvalue weighted by atomic mass is 10.2. The predicted octanol–water partition coefficient (Wildman–Crippen LogP) is 4.00. The van der Waals surface area contributed by atoms with Gasteiger partial charge in [0.25, 0.3) is 10.0 Å². The van der Waals surface area contributed by atoms with Crippen molar-refractivity contribution in [2.75, 3.05) is 53.7 Å². The van der Waals surface area contributed by atoms with Gasteiger partial charge in [-0.1, -0.05) is 23.7 Å². The Morgan fingerprint density at radius 1 is 1.03 bits per heavy atom. The van der Waals surface area contributed by atoms with Gasteiger partial charge in [0.1, 0.15) is 10.8 Å². The van der Waals surface area contributed by atoms with Crippen LogP contribution in [0.5, 0.6) is 5.75 Å². The third kappa shape index (κ3) is 6.16. The van der Waals surface area contributed by atoms with Crippen molar-refractivity contribution in [2.45, 2.75) is 5.03 Å². The number of anilines is 6. The summed E-state index contributed by atoms with van der Waals surface area (Å²) in [7, 11) is -0.618. The van der Waals surface area contributed by atoms with E-state index in [0.29, 0.717) is 36.0 Å². The van der Waals surface area contributed by atoms with E-state index in [4.69, 9.17) is 21.1 Å². The van der Waals surface area contributed by atoms with Gasteiger partial charge < -0.3 is 29.6 Å². The number of aromatic nitrogens is 4. The van der Waals surface area contributed by atoms with Gasteiger partial charge in [0.2, 0.25) is 5.95 Å². The Labute approximate surface area is 231 Å². The van der Waals surface area contributed by atoms with Crippen molar-refractivity contribution in [3.05, 3.63) is 66.2 Å². The molecule has 204 valence electrons. The number of sulfonamides is 1. The Kier molecular flexibility index (Phi) is 7.72. The molecule has 3 heterocycles. The molecule has 0 aliphatic carbocycles. The maximum atomic E-state index is 12.8. The number of hydrogen-bond donors (Lipinski definition) is 3. The first-order valence-electron chi connectivity index (χ1n) is 12.0. The summed E-state index contributed by atoms with van der Waals surface area (Å²) >= 11 is 6.39. The first-order chi connectivity index (χ1) is 18.8. The highest BCUT2D eigenvalue weighted by Crippen LogP contribution is 2.34. The van der Waals surface area contributed by atoms with Crippen LogP contribution in [0.1, 0.15) is 0 Å². The van der Waals surface area contributed by atoms with E-state index < -0.39 is 10.0 Å². The van der Waals surface area contributed by atoms with E-state index in [0.717, 1.165) is 18.8 Å². The van der Waals surface area contributed by atoms with E-state index in [-0.39, 0.29) is 21.8 Å². The lowest BCUT2D eigenvalue weighted by Gasteiger charge is -2.29. The topological polar surface area (TPSA) is 136 Å². The van der Waals surface area contributed by atoms with Gasteiger partial charge >= 0.3 is 0 Å². The highest BCUT2D eigenvalue weighted by molar-refractivity contribution is 7.92. The predicted molar refractivity (Wildman–Crippen MR) is 150 cm³/mol. The van der Waals surface area contributed by atoms with Crippen LogP contribution < -0.4 is 25.0 Å². The van der Waals surface area contributed by atoms with Gasteiger partial charge in [-0.15, -0.1) is 0 Å². The smallest absolute Gasteiger partial charge is 0.281 e. The number of methoxy groups -OCH3 is 1. The van der Waals surface area contributed by atoms with E-state index >= 15 is 0 Å². The molecule has 0 radical (unpaired) electrons. The Morgan fingerprint density at radius 2 is 1.79 bits per heavy atom. The van der Waals surface area contributed by atoms with Gasteiger partial charge in [-0.2, -0.15) is 13.4 Å². The number of aryl methyl sites for hydroxylation is 1. The summed E-state index contributed by atoms with van der Waals surface area (Å²) in [5, 5.41) is 6.42. The molecule has 5 rings (SSSR count). The SMILES string of the molecule is COc1cc(N2CCOCC2)ccc1Nc1ncc(Cl)c(Nc2ccccc2NS(=O)(=O)c2cn(C)cn2)n1. The van der Waals surface area contributed by atoms with Crippen LogP contribution in [0.25, 0.3) is 0 Å². The number of rotatable bonds is 9. The first kappa shape index (κ1) is 26.5. The zero-order valence-corrected chi connectivity index (χ0v) is 22.8. The molecule has 3 N–H and O–H groups in total. The molecule has 2 aromatic heterocycles. The van der Waals surface area contributed by atoms with Crippen molar-refractivity contribution in [3.8, 4) is 5.75 Å². The number of hydrogen-bond acceptors (Lipinski definition) is 10. The molecule has 0 unspecified atom stereocenters. The molecule has 39 heavy (non-hydrogen) atoms. The summed E-state index contributed by atoms with van der Waals surface area (Å²) in [6, 6.07) is 12.6. The van der Waals surface area contributed by atoms with Crippen molar-refractivity contribution in [2.24, 2.45) is 7.05 Å². The van der Waals surface area contributed by atoms with Gasteiger partial charge in [0.15, 0.2) is 10.8 Å². The molecule has 4 aromatic rings. The van der Waals surface area contributed by atoms with E-state index in [1.165, 1.54) is 18.7 Å². The lowest BCUT2D eigenvalue weighted by Crippen LogP contribution is -2.36. The second kappa shape index (κ2) is 11.4. The fourth-order valence-electron chi connectivity index (χ4n) is 3.97. The maximum Gasteiger partial charge on any atom is 0.281 e. The average molecular weight is 571 g/mol.